The molecule has 1 aromatic carbocycles. The molecule has 2 aliphatic rings. The number of rotatable bonds is 1. The van der Waals surface area contributed by atoms with Crippen LogP contribution in [0.2, 0.25) is 0 Å². The normalized spacial score (nSPS) is 18.6. The number of aryl methyl sites for hydroxylation is 1. The molecule has 2 aromatic heterocycles. The van der Waals surface area contributed by atoms with Crippen LogP contribution in [0.4, 0.5) is 5.82 Å². The van der Waals surface area contributed by atoms with Gasteiger partial charge in [0.2, 0.25) is 0 Å². The Labute approximate surface area is 134 Å². The highest BCUT2D eigenvalue weighted by atomic mass is 16.5. The maximum atomic E-state index is 5.99. The fourth-order valence-corrected chi connectivity index (χ4v) is 3.86. The molecule has 5 nitrogen and oxygen atoms in total. The van der Waals surface area contributed by atoms with Crippen LogP contribution in [0.5, 0.6) is 5.75 Å². The molecule has 0 amide bonds. The van der Waals surface area contributed by atoms with E-state index in [4.69, 9.17) is 4.74 Å². The fraction of sp³-hybridized carbons (Fsp3) is 0.333. The van der Waals surface area contributed by atoms with Crippen LogP contribution in [0.15, 0.2) is 36.5 Å². The van der Waals surface area contributed by atoms with Crippen molar-refractivity contribution in [3.63, 3.8) is 0 Å². The van der Waals surface area contributed by atoms with Crippen molar-refractivity contribution in [2.24, 2.45) is 5.41 Å². The Morgan fingerprint density at radius 2 is 2.04 bits per heavy atom. The number of para-hydroxylation sites is 1. The molecule has 0 saturated carbocycles. The highest BCUT2D eigenvalue weighted by Crippen LogP contribution is 2.43. The number of ether oxygens (including phenoxy) is 1. The van der Waals surface area contributed by atoms with Gasteiger partial charge in [-0.1, -0.05) is 18.2 Å². The number of hydrogen-bond acceptors (Lipinski definition) is 4. The zero-order chi connectivity index (χ0) is 15.4. The number of nitrogens with zero attached hydrogens (tertiary/aromatic N) is 3. The standard InChI is InChI=1S/C18H18N4O/c1-12-20-14-6-7-19-16(14)17(21-12)22-9-18(10-22)8-13-4-2-3-5-15(13)23-11-18/h2-7,19H,8-11H2,1H3. The van der Waals surface area contributed by atoms with E-state index in [1.165, 1.54) is 5.56 Å². The van der Waals surface area contributed by atoms with E-state index in [-0.39, 0.29) is 5.41 Å². The average Bonchev–Trinajstić information content (AvgIpc) is 2.99. The molecular formula is C18H18N4O. The zero-order valence-corrected chi connectivity index (χ0v) is 13.0. The van der Waals surface area contributed by atoms with Gasteiger partial charge in [-0.15, -0.1) is 0 Å². The van der Waals surface area contributed by atoms with Crippen molar-refractivity contribution in [1.82, 2.24) is 15.0 Å². The average molecular weight is 306 g/mol. The first-order chi connectivity index (χ1) is 11.2. The summed E-state index contributed by atoms with van der Waals surface area (Å²) in [5.41, 5.74) is 3.55. The number of nitrogens with one attached hydrogen (secondary N) is 1. The van der Waals surface area contributed by atoms with Gasteiger partial charge in [0.15, 0.2) is 5.82 Å². The van der Waals surface area contributed by atoms with E-state index < -0.39 is 0 Å². The molecule has 1 fully saturated rings. The Hall–Kier alpha value is -2.56. The summed E-state index contributed by atoms with van der Waals surface area (Å²) < 4.78 is 5.99. The summed E-state index contributed by atoms with van der Waals surface area (Å²) in [5, 5.41) is 0. The summed E-state index contributed by atoms with van der Waals surface area (Å²) in [6.45, 7) is 4.70. The quantitative estimate of drug-likeness (QED) is 0.751. The predicted molar refractivity (Wildman–Crippen MR) is 88.9 cm³/mol. The number of aromatic amines is 1. The second kappa shape index (κ2) is 4.47. The van der Waals surface area contributed by atoms with Gasteiger partial charge in [0.1, 0.15) is 17.1 Å². The monoisotopic (exact) mass is 306 g/mol. The molecular weight excluding hydrogens is 288 g/mol. The molecule has 0 atom stereocenters. The van der Waals surface area contributed by atoms with Gasteiger partial charge in [0.25, 0.3) is 0 Å². The SMILES string of the molecule is Cc1nc(N2CC3(COc4ccccc4C3)C2)c2[nH]ccc2n1. The molecule has 1 saturated heterocycles. The van der Waals surface area contributed by atoms with Gasteiger partial charge < -0.3 is 14.6 Å². The summed E-state index contributed by atoms with van der Waals surface area (Å²) in [5.74, 6) is 2.88. The van der Waals surface area contributed by atoms with Crippen molar-refractivity contribution < 1.29 is 4.74 Å². The summed E-state index contributed by atoms with van der Waals surface area (Å²) in [6, 6.07) is 10.4. The van der Waals surface area contributed by atoms with Gasteiger partial charge in [-0.25, -0.2) is 9.97 Å². The summed E-state index contributed by atoms with van der Waals surface area (Å²) in [6.07, 6.45) is 3.01. The minimum Gasteiger partial charge on any atom is -0.493 e. The van der Waals surface area contributed by atoms with Crippen molar-refractivity contribution in [1.29, 1.82) is 0 Å². The Kier molecular flexibility index (Phi) is 2.52. The highest BCUT2D eigenvalue weighted by molar-refractivity contribution is 5.86. The van der Waals surface area contributed by atoms with Gasteiger partial charge in [0.05, 0.1) is 12.1 Å². The van der Waals surface area contributed by atoms with Gasteiger partial charge in [0, 0.05) is 24.7 Å². The maximum absolute atomic E-state index is 5.99. The Morgan fingerprint density at radius 3 is 2.96 bits per heavy atom. The lowest BCUT2D eigenvalue weighted by atomic mass is 9.74. The van der Waals surface area contributed by atoms with Gasteiger partial charge in [-0.3, -0.25) is 0 Å². The maximum Gasteiger partial charge on any atom is 0.156 e. The molecule has 0 unspecified atom stereocenters. The van der Waals surface area contributed by atoms with Crippen LogP contribution >= 0.6 is 0 Å². The topological polar surface area (TPSA) is 54.0 Å². The van der Waals surface area contributed by atoms with Crippen LogP contribution in [0.3, 0.4) is 0 Å². The largest absolute Gasteiger partial charge is 0.493 e. The van der Waals surface area contributed by atoms with E-state index in [9.17, 15) is 0 Å². The van der Waals surface area contributed by atoms with Crippen molar-refractivity contribution >= 4 is 16.9 Å². The van der Waals surface area contributed by atoms with Crippen molar-refractivity contribution in [2.45, 2.75) is 13.3 Å². The number of aromatic nitrogens is 3. The molecule has 0 bridgehead atoms. The van der Waals surface area contributed by atoms with Crippen LogP contribution in [0, 0.1) is 12.3 Å². The lowest BCUT2D eigenvalue weighted by Gasteiger charge is -2.52. The minimum absolute atomic E-state index is 0.214. The smallest absolute Gasteiger partial charge is 0.156 e. The molecule has 4 heterocycles. The number of H-pyrrole nitrogens is 1. The van der Waals surface area contributed by atoms with Crippen molar-refractivity contribution in [3.05, 3.63) is 47.9 Å². The molecule has 5 heteroatoms. The molecule has 23 heavy (non-hydrogen) atoms. The van der Waals surface area contributed by atoms with Crippen LogP contribution in [-0.2, 0) is 6.42 Å². The third kappa shape index (κ3) is 1.92. The van der Waals surface area contributed by atoms with Gasteiger partial charge in [-0.05, 0) is 31.0 Å². The first-order valence-electron chi connectivity index (χ1n) is 8.00. The molecule has 1 spiro atoms. The lowest BCUT2D eigenvalue weighted by molar-refractivity contribution is 0.0876. The minimum atomic E-state index is 0.214. The molecule has 116 valence electrons. The van der Waals surface area contributed by atoms with E-state index in [0.717, 1.165) is 54.5 Å². The fourth-order valence-electron chi connectivity index (χ4n) is 3.86. The first-order valence-corrected chi connectivity index (χ1v) is 8.00. The second-order valence-corrected chi connectivity index (χ2v) is 6.76. The third-order valence-electron chi connectivity index (χ3n) is 4.92. The van der Waals surface area contributed by atoms with Crippen LogP contribution in [0.25, 0.3) is 11.0 Å². The molecule has 2 aliphatic heterocycles. The van der Waals surface area contributed by atoms with Crippen molar-refractivity contribution in [3.8, 4) is 5.75 Å². The van der Waals surface area contributed by atoms with Gasteiger partial charge >= 0.3 is 0 Å². The molecule has 5 rings (SSSR count). The van der Waals surface area contributed by atoms with Crippen LogP contribution < -0.4 is 9.64 Å². The predicted octanol–water partition coefficient (Wildman–Crippen LogP) is 2.71. The highest BCUT2D eigenvalue weighted by Gasteiger charge is 2.47. The van der Waals surface area contributed by atoms with Gasteiger partial charge in [-0.2, -0.15) is 0 Å². The number of benzene rings is 1. The number of anilines is 1. The Bertz CT molecular complexity index is 895. The summed E-state index contributed by atoms with van der Waals surface area (Å²) in [7, 11) is 0. The van der Waals surface area contributed by atoms with E-state index in [1.807, 2.05) is 25.3 Å². The molecule has 0 aliphatic carbocycles. The lowest BCUT2D eigenvalue weighted by Crippen LogP contribution is -2.61. The van der Waals surface area contributed by atoms with Crippen LogP contribution in [0.1, 0.15) is 11.4 Å². The van der Waals surface area contributed by atoms with Crippen LogP contribution in [-0.4, -0.2) is 34.6 Å². The molecule has 1 N–H and O–H groups in total. The summed E-state index contributed by atoms with van der Waals surface area (Å²) in [4.78, 5) is 14.7. The van der Waals surface area contributed by atoms with Crippen molar-refractivity contribution in [2.75, 3.05) is 24.6 Å². The Balaban J connectivity index is 1.44. The second-order valence-electron chi connectivity index (χ2n) is 6.76. The van der Waals surface area contributed by atoms with E-state index in [0.29, 0.717) is 0 Å². The van der Waals surface area contributed by atoms with E-state index in [2.05, 4.69) is 38.1 Å². The number of hydrogen-bond donors (Lipinski definition) is 1. The Morgan fingerprint density at radius 1 is 1.17 bits per heavy atom. The van der Waals surface area contributed by atoms with E-state index in [1.54, 1.807) is 0 Å². The molecule has 0 radical (unpaired) electrons. The third-order valence-corrected chi connectivity index (χ3v) is 4.92. The number of fused-ring (bicyclic) bond motifs is 2. The zero-order valence-electron chi connectivity index (χ0n) is 13.0. The van der Waals surface area contributed by atoms with E-state index >= 15 is 0 Å². The molecule has 3 aromatic rings. The first kappa shape index (κ1) is 12.9. The summed E-state index contributed by atoms with van der Waals surface area (Å²) >= 11 is 0.